The molecule has 0 amide bonds. The summed E-state index contributed by atoms with van der Waals surface area (Å²) in [4.78, 5) is 0. The van der Waals surface area contributed by atoms with E-state index in [2.05, 4.69) is 10.2 Å². The van der Waals surface area contributed by atoms with Crippen LogP contribution < -0.4 is 15.2 Å². The second-order valence-electron chi connectivity index (χ2n) is 3.40. The van der Waals surface area contributed by atoms with Crippen molar-refractivity contribution in [3.05, 3.63) is 42.0 Å². The van der Waals surface area contributed by atoms with Gasteiger partial charge in [-0.1, -0.05) is 18.2 Å². The molecule has 5 nitrogen and oxygen atoms in total. The molecule has 88 valence electrons. The van der Waals surface area contributed by atoms with Gasteiger partial charge in [-0.25, -0.2) is 0 Å². The third-order valence-corrected chi connectivity index (χ3v) is 2.23. The highest BCUT2D eigenvalue weighted by Crippen LogP contribution is 2.19. The number of ether oxygens (including phenoxy) is 2. The molecule has 0 bridgehead atoms. The van der Waals surface area contributed by atoms with Crippen molar-refractivity contribution in [3.8, 4) is 11.6 Å². The number of nitrogens with zero attached hydrogens (tertiary/aromatic N) is 2. The highest BCUT2D eigenvalue weighted by atomic mass is 16.5. The van der Waals surface area contributed by atoms with Gasteiger partial charge in [0, 0.05) is 11.6 Å². The minimum absolute atomic E-state index is 0.370. The average molecular weight is 231 g/mol. The number of rotatable bonds is 4. The van der Waals surface area contributed by atoms with E-state index >= 15 is 0 Å². The van der Waals surface area contributed by atoms with Gasteiger partial charge in [0.2, 0.25) is 5.88 Å². The largest absolute Gasteiger partial charge is 0.496 e. The highest BCUT2D eigenvalue weighted by molar-refractivity contribution is 5.33. The van der Waals surface area contributed by atoms with Gasteiger partial charge < -0.3 is 15.2 Å². The van der Waals surface area contributed by atoms with Crippen LogP contribution in [0.5, 0.6) is 11.6 Å². The molecule has 2 rings (SSSR count). The Morgan fingerprint density at radius 1 is 1.12 bits per heavy atom. The molecule has 17 heavy (non-hydrogen) atoms. The second-order valence-corrected chi connectivity index (χ2v) is 3.40. The Balaban J connectivity index is 2.04. The van der Waals surface area contributed by atoms with Gasteiger partial charge in [-0.15, -0.1) is 10.2 Å². The number of benzene rings is 1. The van der Waals surface area contributed by atoms with Gasteiger partial charge in [0.25, 0.3) is 0 Å². The van der Waals surface area contributed by atoms with E-state index in [0.29, 0.717) is 18.3 Å². The summed E-state index contributed by atoms with van der Waals surface area (Å²) in [6, 6.07) is 11.0. The summed E-state index contributed by atoms with van der Waals surface area (Å²) in [6.07, 6.45) is 0. The minimum atomic E-state index is 0.370. The lowest BCUT2D eigenvalue weighted by molar-refractivity contribution is 0.282. The van der Waals surface area contributed by atoms with Crippen LogP contribution in [0.2, 0.25) is 0 Å². The fourth-order valence-corrected chi connectivity index (χ4v) is 1.38. The second kappa shape index (κ2) is 5.16. The van der Waals surface area contributed by atoms with Crippen LogP contribution >= 0.6 is 0 Å². The first-order chi connectivity index (χ1) is 8.29. The third-order valence-electron chi connectivity index (χ3n) is 2.23. The molecule has 0 spiro atoms. The van der Waals surface area contributed by atoms with Gasteiger partial charge >= 0.3 is 0 Å². The van der Waals surface area contributed by atoms with Gasteiger partial charge in [-0.2, -0.15) is 0 Å². The van der Waals surface area contributed by atoms with Crippen molar-refractivity contribution in [2.75, 3.05) is 12.8 Å². The SMILES string of the molecule is COc1ccccc1COc1ccc(N)nn1. The topological polar surface area (TPSA) is 70.3 Å². The van der Waals surface area contributed by atoms with Gasteiger partial charge in [0.15, 0.2) is 0 Å². The number of hydrogen-bond donors (Lipinski definition) is 1. The van der Waals surface area contributed by atoms with Crippen LogP contribution in [-0.4, -0.2) is 17.3 Å². The lowest BCUT2D eigenvalue weighted by Crippen LogP contribution is -2.01. The first kappa shape index (κ1) is 11.2. The molecule has 0 saturated carbocycles. The van der Waals surface area contributed by atoms with Crippen molar-refractivity contribution in [2.45, 2.75) is 6.61 Å². The lowest BCUT2D eigenvalue weighted by atomic mass is 10.2. The Labute approximate surface area is 99.2 Å². The summed E-state index contributed by atoms with van der Waals surface area (Å²) in [6.45, 7) is 0.378. The van der Waals surface area contributed by atoms with Crippen molar-refractivity contribution in [1.29, 1.82) is 0 Å². The molecule has 0 saturated heterocycles. The van der Waals surface area contributed by atoms with Gasteiger partial charge in [-0.3, -0.25) is 0 Å². The quantitative estimate of drug-likeness (QED) is 0.866. The van der Waals surface area contributed by atoms with E-state index < -0.39 is 0 Å². The molecule has 0 aliphatic carbocycles. The fraction of sp³-hybridized carbons (Fsp3) is 0.167. The number of hydrogen-bond acceptors (Lipinski definition) is 5. The normalized spacial score (nSPS) is 9.94. The zero-order valence-electron chi connectivity index (χ0n) is 9.46. The van der Waals surface area contributed by atoms with E-state index in [4.69, 9.17) is 15.2 Å². The highest BCUT2D eigenvalue weighted by Gasteiger charge is 2.03. The van der Waals surface area contributed by atoms with Gasteiger partial charge in [0.05, 0.1) is 7.11 Å². The summed E-state index contributed by atoms with van der Waals surface area (Å²) in [5.41, 5.74) is 6.38. The standard InChI is InChI=1S/C12H13N3O2/c1-16-10-5-3-2-4-9(10)8-17-12-7-6-11(13)14-15-12/h2-7H,8H2,1H3,(H2,13,14). The Bertz CT molecular complexity index is 485. The van der Waals surface area contributed by atoms with Crippen LogP contribution in [0.1, 0.15) is 5.56 Å². The molecule has 1 aromatic carbocycles. The lowest BCUT2D eigenvalue weighted by Gasteiger charge is -2.08. The summed E-state index contributed by atoms with van der Waals surface area (Å²) in [7, 11) is 1.63. The van der Waals surface area contributed by atoms with Crippen molar-refractivity contribution in [3.63, 3.8) is 0 Å². The van der Waals surface area contributed by atoms with E-state index in [1.807, 2.05) is 24.3 Å². The molecule has 1 aromatic heterocycles. The van der Waals surface area contributed by atoms with Crippen molar-refractivity contribution >= 4 is 5.82 Å². The van der Waals surface area contributed by atoms with Crippen LogP contribution in [0.3, 0.4) is 0 Å². The average Bonchev–Trinajstić information content (AvgIpc) is 2.38. The number of nitrogen functional groups attached to an aromatic ring is 1. The third kappa shape index (κ3) is 2.84. The Morgan fingerprint density at radius 2 is 1.94 bits per heavy atom. The first-order valence-corrected chi connectivity index (χ1v) is 5.13. The summed E-state index contributed by atoms with van der Waals surface area (Å²) in [5.74, 6) is 1.59. The molecule has 0 aliphatic heterocycles. The molecule has 0 aliphatic rings. The molecule has 0 radical (unpaired) electrons. The summed E-state index contributed by atoms with van der Waals surface area (Å²) >= 11 is 0. The van der Waals surface area contributed by atoms with Crippen molar-refractivity contribution < 1.29 is 9.47 Å². The predicted molar refractivity (Wildman–Crippen MR) is 63.8 cm³/mol. The van der Waals surface area contributed by atoms with E-state index in [-0.39, 0.29) is 0 Å². The zero-order valence-corrected chi connectivity index (χ0v) is 9.46. The first-order valence-electron chi connectivity index (χ1n) is 5.13. The Kier molecular flexibility index (Phi) is 3.40. The van der Waals surface area contributed by atoms with Crippen molar-refractivity contribution in [2.24, 2.45) is 0 Å². The monoisotopic (exact) mass is 231 g/mol. The van der Waals surface area contributed by atoms with Gasteiger partial charge in [0.1, 0.15) is 18.2 Å². The molecule has 1 heterocycles. The van der Waals surface area contributed by atoms with E-state index in [1.54, 1.807) is 19.2 Å². The maximum absolute atomic E-state index is 5.48. The van der Waals surface area contributed by atoms with Crippen LogP contribution in [0, 0.1) is 0 Å². The molecule has 5 heteroatoms. The summed E-state index contributed by atoms with van der Waals surface area (Å²) in [5, 5.41) is 7.52. The number of methoxy groups -OCH3 is 1. The number of nitrogens with two attached hydrogens (primary N) is 1. The van der Waals surface area contributed by atoms with E-state index in [0.717, 1.165) is 11.3 Å². The number of para-hydroxylation sites is 1. The number of aromatic nitrogens is 2. The summed E-state index contributed by atoms with van der Waals surface area (Å²) < 4.78 is 10.7. The molecule has 0 atom stereocenters. The Hall–Kier alpha value is -2.30. The minimum Gasteiger partial charge on any atom is -0.496 e. The van der Waals surface area contributed by atoms with E-state index in [1.165, 1.54) is 0 Å². The van der Waals surface area contributed by atoms with Crippen LogP contribution in [-0.2, 0) is 6.61 Å². The fourth-order valence-electron chi connectivity index (χ4n) is 1.38. The molecular weight excluding hydrogens is 218 g/mol. The van der Waals surface area contributed by atoms with Crippen LogP contribution in [0.4, 0.5) is 5.82 Å². The van der Waals surface area contributed by atoms with Gasteiger partial charge in [-0.05, 0) is 12.1 Å². The smallest absolute Gasteiger partial charge is 0.233 e. The maximum Gasteiger partial charge on any atom is 0.233 e. The van der Waals surface area contributed by atoms with Crippen LogP contribution in [0.15, 0.2) is 36.4 Å². The molecule has 2 N–H and O–H groups in total. The number of anilines is 1. The molecular formula is C12H13N3O2. The molecule has 0 fully saturated rings. The zero-order chi connectivity index (χ0) is 12.1. The molecule has 0 unspecified atom stereocenters. The maximum atomic E-state index is 5.48. The van der Waals surface area contributed by atoms with Crippen molar-refractivity contribution in [1.82, 2.24) is 10.2 Å². The van der Waals surface area contributed by atoms with Crippen LogP contribution in [0.25, 0.3) is 0 Å². The predicted octanol–water partition coefficient (Wildman–Crippen LogP) is 1.65. The molecule has 2 aromatic rings. The Morgan fingerprint density at radius 3 is 2.65 bits per heavy atom. The van der Waals surface area contributed by atoms with E-state index in [9.17, 15) is 0 Å².